The topological polar surface area (TPSA) is 35.6 Å². The van der Waals surface area contributed by atoms with E-state index in [1.807, 2.05) is 22.4 Å². The van der Waals surface area contributed by atoms with Gasteiger partial charge >= 0.3 is 0 Å². The highest BCUT2D eigenvalue weighted by Gasteiger charge is 2.11. The summed E-state index contributed by atoms with van der Waals surface area (Å²) >= 11 is 3.56. The van der Waals surface area contributed by atoms with Crippen LogP contribution in [0.3, 0.4) is 0 Å². The summed E-state index contributed by atoms with van der Waals surface area (Å²) in [6.07, 6.45) is 6.04. The summed E-state index contributed by atoms with van der Waals surface area (Å²) in [6, 6.07) is 7.34. The quantitative estimate of drug-likeness (QED) is 0.725. The number of hydrogen-bond donors (Lipinski definition) is 0. The minimum absolute atomic E-state index is 0.299. The van der Waals surface area contributed by atoms with Crippen molar-refractivity contribution in [1.29, 1.82) is 0 Å². The first-order valence-corrected chi connectivity index (χ1v) is 7.37. The SMILES string of the molecule is CCn1ncc(Cc2cncn2-c2[c]cc(F)cc2)c1Br. The van der Waals surface area contributed by atoms with Gasteiger partial charge in [0, 0.05) is 36.5 Å². The third-order valence-electron chi connectivity index (χ3n) is 3.25. The standard InChI is InChI=1S/C15H13BrFN4/c1-2-21-15(16)11(8-19-21)7-14-9-18-10-20(14)13-5-3-12(17)4-6-13/h3-5,8-10H,2,7H2,1H3. The van der Waals surface area contributed by atoms with Crippen molar-refractivity contribution in [2.45, 2.75) is 19.9 Å². The maximum absolute atomic E-state index is 13.0. The summed E-state index contributed by atoms with van der Waals surface area (Å²) in [5, 5.41) is 4.31. The maximum Gasteiger partial charge on any atom is 0.123 e. The molecule has 0 spiro atoms. The lowest BCUT2D eigenvalue weighted by Gasteiger charge is -2.07. The van der Waals surface area contributed by atoms with E-state index < -0.39 is 0 Å². The van der Waals surface area contributed by atoms with Gasteiger partial charge in [-0.05, 0) is 41.1 Å². The van der Waals surface area contributed by atoms with Crippen LogP contribution in [0.15, 0.2) is 41.5 Å². The average Bonchev–Trinajstić information content (AvgIpc) is 3.08. The van der Waals surface area contributed by atoms with Crippen LogP contribution in [0.5, 0.6) is 0 Å². The summed E-state index contributed by atoms with van der Waals surface area (Å²) in [5.74, 6) is -0.299. The molecular formula is C15H13BrFN4. The highest BCUT2D eigenvalue weighted by Crippen LogP contribution is 2.21. The van der Waals surface area contributed by atoms with Crippen LogP contribution in [0.4, 0.5) is 4.39 Å². The maximum atomic E-state index is 13.0. The van der Waals surface area contributed by atoms with Crippen molar-refractivity contribution < 1.29 is 4.39 Å². The van der Waals surface area contributed by atoms with E-state index in [4.69, 9.17) is 0 Å². The summed E-state index contributed by atoms with van der Waals surface area (Å²) in [7, 11) is 0. The summed E-state index contributed by atoms with van der Waals surface area (Å²) in [6.45, 7) is 2.85. The first-order valence-electron chi connectivity index (χ1n) is 6.58. The van der Waals surface area contributed by atoms with Crippen molar-refractivity contribution in [1.82, 2.24) is 19.3 Å². The van der Waals surface area contributed by atoms with Gasteiger partial charge in [0.05, 0.1) is 18.2 Å². The first kappa shape index (κ1) is 14.0. The molecule has 0 N–H and O–H groups in total. The molecule has 1 radical (unpaired) electrons. The molecule has 21 heavy (non-hydrogen) atoms. The predicted molar refractivity (Wildman–Crippen MR) is 80.8 cm³/mol. The lowest BCUT2D eigenvalue weighted by Crippen LogP contribution is -2.01. The first-order chi connectivity index (χ1) is 10.2. The molecule has 0 saturated carbocycles. The van der Waals surface area contributed by atoms with Gasteiger partial charge in [-0.15, -0.1) is 0 Å². The Labute approximate surface area is 130 Å². The molecule has 3 aromatic rings. The van der Waals surface area contributed by atoms with E-state index in [-0.39, 0.29) is 5.82 Å². The van der Waals surface area contributed by atoms with Crippen LogP contribution in [0.2, 0.25) is 0 Å². The molecule has 0 unspecified atom stereocenters. The molecule has 0 aliphatic heterocycles. The molecule has 2 aromatic heterocycles. The number of rotatable bonds is 4. The van der Waals surface area contributed by atoms with Crippen LogP contribution in [0, 0.1) is 11.9 Å². The Morgan fingerprint density at radius 1 is 1.33 bits per heavy atom. The van der Waals surface area contributed by atoms with Crippen LogP contribution >= 0.6 is 15.9 Å². The third-order valence-corrected chi connectivity index (χ3v) is 4.17. The zero-order valence-electron chi connectivity index (χ0n) is 11.4. The van der Waals surface area contributed by atoms with Crippen molar-refractivity contribution in [2.75, 3.05) is 0 Å². The van der Waals surface area contributed by atoms with Crippen LogP contribution in [0.1, 0.15) is 18.2 Å². The lowest BCUT2D eigenvalue weighted by atomic mass is 10.2. The van der Waals surface area contributed by atoms with E-state index in [2.05, 4.69) is 32.1 Å². The van der Waals surface area contributed by atoms with E-state index in [9.17, 15) is 4.39 Å². The second-order valence-corrected chi connectivity index (χ2v) is 5.35. The smallest absolute Gasteiger partial charge is 0.123 e. The molecule has 0 bridgehead atoms. The van der Waals surface area contributed by atoms with Gasteiger partial charge in [-0.25, -0.2) is 9.37 Å². The molecule has 4 nitrogen and oxygen atoms in total. The van der Waals surface area contributed by atoms with E-state index in [1.54, 1.807) is 18.6 Å². The number of hydrogen-bond acceptors (Lipinski definition) is 2. The fraction of sp³-hybridized carbons (Fsp3) is 0.200. The minimum atomic E-state index is -0.299. The highest BCUT2D eigenvalue weighted by molar-refractivity contribution is 9.10. The number of nitrogens with zero attached hydrogens (tertiary/aromatic N) is 4. The zero-order valence-corrected chi connectivity index (χ0v) is 13.0. The molecule has 0 atom stereocenters. The molecule has 3 rings (SSSR count). The normalized spacial score (nSPS) is 11.0. The Morgan fingerprint density at radius 3 is 2.86 bits per heavy atom. The average molecular weight is 348 g/mol. The van der Waals surface area contributed by atoms with Crippen molar-refractivity contribution in [3.8, 4) is 5.69 Å². The zero-order chi connectivity index (χ0) is 14.8. The molecule has 0 aliphatic rings. The van der Waals surface area contributed by atoms with E-state index in [0.717, 1.165) is 28.1 Å². The molecule has 2 heterocycles. The van der Waals surface area contributed by atoms with Crippen molar-refractivity contribution in [2.24, 2.45) is 0 Å². The summed E-state index contributed by atoms with van der Waals surface area (Å²) in [5.41, 5.74) is 2.85. The number of aryl methyl sites for hydroxylation is 1. The minimum Gasteiger partial charge on any atom is -0.302 e. The van der Waals surface area contributed by atoms with Crippen LogP contribution in [-0.4, -0.2) is 19.3 Å². The van der Waals surface area contributed by atoms with Crippen molar-refractivity contribution >= 4 is 15.9 Å². The van der Waals surface area contributed by atoms with E-state index in [1.165, 1.54) is 12.1 Å². The second-order valence-electron chi connectivity index (χ2n) is 4.60. The van der Waals surface area contributed by atoms with Gasteiger partial charge in [0.2, 0.25) is 0 Å². The Balaban J connectivity index is 1.92. The van der Waals surface area contributed by atoms with E-state index >= 15 is 0 Å². The van der Waals surface area contributed by atoms with Gasteiger partial charge in [-0.2, -0.15) is 5.10 Å². The van der Waals surface area contributed by atoms with Crippen molar-refractivity contribution in [3.63, 3.8) is 0 Å². The van der Waals surface area contributed by atoms with Gasteiger partial charge < -0.3 is 4.57 Å². The van der Waals surface area contributed by atoms with Gasteiger partial charge in [-0.1, -0.05) is 0 Å². The lowest BCUT2D eigenvalue weighted by molar-refractivity contribution is 0.627. The predicted octanol–water partition coefficient (Wildman–Crippen LogP) is 3.38. The Morgan fingerprint density at radius 2 is 2.19 bits per heavy atom. The number of imidazole rings is 1. The molecule has 0 amide bonds. The van der Waals surface area contributed by atoms with Crippen LogP contribution < -0.4 is 0 Å². The van der Waals surface area contributed by atoms with Crippen LogP contribution in [0.25, 0.3) is 5.69 Å². The molecular weight excluding hydrogens is 335 g/mol. The molecule has 0 aliphatic carbocycles. The molecule has 6 heteroatoms. The van der Waals surface area contributed by atoms with E-state index in [0.29, 0.717) is 6.42 Å². The van der Waals surface area contributed by atoms with Gasteiger partial charge in [0.25, 0.3) is 0 Å². The largest absolute Gasteiger partial charge is 0.302 e. The fourth-order valence-electron chi connectivity index (χ4n) is 2.16. The fourth-order valence-corrected chi connectivity index (χ4v) is 2.75. The molecule has 1 aromatic carbocycles. The number of halogens is 2. The Hall–Kier alpha value is -1.95. The van der Waals surface area contributed by atoms with Gasteiger partial charge in [-0.3, -0.25) is 4.68 Å². The number of aromatic nitrogens is 4. The highest BCUT2D eigenvalue weighted by atomic mass is 79.9. The third kappa shape index (κ3) is 2.76. The van der Waals surface area contributed by atoms with Gasteiger partial charge in [0.15, 0.2) is 0 Å². The van der Waals surface area contributed by atoms with Crippen molar-refractivity contribution in [3.05, 3.63) is 64.7 Å². The van der Waals surface area contributed by atoms with Crippen LogP contribution in [-0.2, 0) is 13.0 Å². The molecule has 107 valence electrons. The monoisotopic (exact) mass is 347 g/mol. The molecule has 0 saturated heterocycles. The Bertz CT molecular complexity index is 745. The Kier molecular flexibility index (Phi) is 3.88. The van der Waals surface area contributed by atoms with Gasteiger partial charge in [0.1, 0.15) is 10.4 Å². The number of benzene rings is 1. The second kappa shape index (κ2) is 5.81. The molecule has 0 fully saturated rings. The summed E-state index contributed by atoms with van der Waals surface area (Å²) in [4.78, 5) is 4.18. The summed E-state index contributed by atoms with van der Waals surface area (Å²) < 4.78 is 17.8.